The molecule has 6 heteroatoms. The molecular weight excluding hydrogens is 330 g/mol. The van der Waals surface area contributed by atoms with Crippen LogP contribution in [0.15, 0.2) is 30.3 Å². The van der Waals surface area contributed by atoms with E-state index in [1.807, 2.05) is 47.1 Å². The number of para-hydroxylation sites is 1. The van der Waals surface area contributed by atoms with E-state index in [0.717, 1.165) is 31.6 Å². The zero-order valence-electron chi connectivity index (χ0n) is 15.6. The summed E-state index contributed by atoms with van der Waals surface area (Å²) in [5.74, 6) is 0.478. The summed E-state index contributed by atoms with van der Waals surface area (Å²) in [4.78, 5) is 31.2. The van der Waals surface area contributed by atoms with E-state index >= 15 is 0 Å². The third kappa shape index (κ3) is 4.62. The number of amides is 2. The van der Waals surface area contributed by atoms with Crippen LogP contribution in [0.1, 0.15) is 19.8 Å². The average molecular weight is 359 g/mol. The zero-order chi connectivity index (χ0) is 18.4. The number of carbonyl (C=O) groups is 2. The molecule has 2 aliphatic rings. The van der Waals surface area contributed by atoms with Crippen molar-refractivity contribution < 1.29 is 14.3 Å². The summed E-state index contributed by atoms with van der Waals surface area (Å²) in [6.45, 7) is 7.39. The molecule has 0 radical (unpaired) electrons. The lowest BCUT2D eigenvalue weighted by Crippen LogP contribution is -2.48. The summed E-state index contributed by atoms with van der Waals surface area (Å²) in [6.07, 6.45) is 1.67. The fourth-order valence-corrected chi connectivity index (χ4v) is 3.77. The highest BCUT2D eigenvalue weighted by Crippen LogP contribution is 2.21. The van der Waals surface area contributed by atoms with E-state index < -0.39 is 0 Å². The van der Waals surface area contributed by atoms with Crippen molar-refractivity contribution in [1.29, 1.82) is 0 Å². The molecule has 3 rings (SSSR count). The van der Waals surface area contributed by atoms with Crippen LogP contribution in [-0.4, -0.2) is 74.1 Å². The maximum Gasteiger partial charge on any atom is 0.241 e. The Hall–Kier alpha value is -1.92. The van der Waals surface area contributed by atoms with Crippen LogP contribution in [0.2, 0.25) is 0 Å². The molecule has 26 heavy (non-hydrogen) atoms. The van der Waals surface area contributed by atoms with Crippen molar-refractivity contribution in [3.05, 3.63) is 30.3 Å². The third-order valence-electron chi connectivity index (χ3n) is 5.30. The largest absolute Gasteiger partial charge is 0.378 e. The van der Waals surface area contributed by atoms with Gasteiger partial charge < -0.3 is 14.5 Å². The molecule has 0 saturated carbocycles. The van der Waals surface area contributed by atoms with Crippen LogP contribution in [0.25, 0.3) is 0 Å². The number of carbonyl (C=O) groups excluding carboxylic acids is 2. The quantitative estimate of drug-likeness (QED) is 0.802. The number of morpholine rings is 1. The Kier molecular flexibility index (Phi) is 6.63. The molecule has 2 amide bonds. The van der Waals surface area contributed by atoms with Crippen LogP contribution < -0.4 is 4.90 Å². The van der Waals surface area contributed by atoms with Crippen LogP contribution >= 0.6 is 0 Å². The molecule has 0 N–H and O–H groups in total. The SMILES string of the molecule is CCN(C(=O)CN1CCC(C(=O)N2CCOCC2)CC1)c1ccccc1. The Labute approximate surface area is 155 Å². The molecule has 0 unspecified atom stereocenters. The Morgan fingerprint density at radius 3 is 2.35 bits per heavy atom. The summed E-state index contributed by atoms with van der Waals surface area (Å²) in [5, 5.41) is 0. The average Bonchev–Trinajstić information content (AvgIpc) is 2.70. The molecule has 0 aliphatic carbocycles. The highest BCUT2D eigenvalue weighted by atomic mass is 16.5. The molecule has 2 heterocycles. The van der Waals surface area contributed by atoms with E-state index in [1.165, 1.54) is 0 Å². The normalized spacial score (nSPS) is 19.3. The highest BCUT2D eigenvalue weighted by molar-refractivity contribution is 5.94. The summed E-state index contributed by atoms with van der Waals surface area (Å²) >= 11 is 0. The van der Waals surface area contributed by atoms with E-state index in [-0.39, 0.29) is 17.7 Å². The molecule has 2 saturated heterocycles. The van der Waals surface area contributed by atoms with E-state index in [1.54, 1.807) is 0 Å². The first-order valence-electron chi connectivity index (χ1n) is 9.63. The fraction of sp³-hybridized carbons (Fsp3) is 0.600. The number of hydrogen-bond acceptors (Lipinski definition) is 4. The lowest BCUT2D eigenvalue weighted by atomic mass is 9.95. The van der Waals surface area contributed by atoms with Gasteiger partial charge in [0.1, 0.15) is 0 Å². The van der Waals surface area contributed by atoms with E-state index in [2.05, 4.69) is 4.90 Å². The first kappa shape index (κ1) is 18.9. The number of rotatable bonds is 5. The van der Waals surface area contributed by atoms with E-state index in [9.17, 15) is 9.59 Å². The van der Waals surface area contributed by atoms with Crippen LogP contribution in [0.3, 0.4) is 0 Å². The number of likely N-dealkylation sites (tertiary alicyclic amines) is 1. The standard InChI is InChI=1S/C20H29N3O3/c1-2-23(18-6-4-3-5-7-18)19(24)16-21-10-8-17(9-11-21)20(25)22-12-14-26-15-13-22/h3-7,17H,2,8-16H2,1H3. The zero-order valence-corrected chi connectivity index (χ0v) is 15.6. The number of nitrogens with zero attached hydrogens (tertiary/aromatic N) is 3. The van der Waals surface area contributed by atoms with Gasteiger partial charge in [-0.05, 0) is 45.0 Å². The van der Waals surface area contributed by atoms with Gasteiger partial charge in [-0.15, -0.1) is 0 Å². The highest BCUT2D eigenvalue weighted by Gasteiger charge is 2.30. The fourth-order valence-electron chi connectivity index (χ4n) is 3.77. The molecule has 142 valence electrons. The van der Waals surface area contributed by atoms with Crippen molar-refractivity contribution in [2.45, 2.75) is 19.8 Å². The predicted octanol–water partition coefficient (Wildman–Crippen LogP) is 1.61. The van der Waals surface area contributed by atoms with E-state index in [0.29, 0.717) is 39.4 Å². The van der Waals surface area contributed by atoms with Crippen LogP contribution in [0.4, 0.5) is 5.69 Å². The summed E-state index contributed by atoms with van der Waals surface area (Å²) in [5.41, 5.74) is 0.942. The topological polar surface area (TPSA) is 53.1 Å². The van der Waals surface area contributed by atoms with Crippen LogP contribution in [0.5, 0.6) is 0 Å². The van der Waals surface area contributed by atoms with Crippen LogP contribution in [-0.2, 0) is 14.3 Å². The Morgan fingerprint density at radius 1 is 1.08 bits per heavy atom. The second-order valence-electron chi connectivity index (χ2n) is 6.96. The molecular formula is C20H29N3O3. The van der Waals surface area contributed by atoms with Crippen molar-refractivity contribution in [3.63, 3.8) is 0 Å². The smallest absolute Gasteiger partial charge is 0.241 e. The first-order chi connectivity index (χ1) is 12.7. The van der Waals surface area contributed by atoms with Crippen molar-refractivity contribution >= 4 is 17.5 Å². The van der Waals surface area contributed by atoms with E-state index in [4.69, 9.17) is 4.74 Å². The van der Waals surface area contributed by atoms with Gasteiger partial charge >= 0.3 is 0 Å². The Morgan fingerprint density at radius 2 is 1.73 bits per heavy atom. The van der Waals surface area contributed by atoms with Crippen molar-refractivity contribution in [1.82, 2.24) is 9.80 Å². The molecule has 0 bridgehead atoms. The Bertz CT molecular complexity index is 594. The van der Waals surface area contributed by atoms with Crippen molar-refractivity contribution in [2.75, 3.05) is 57.4 Å². The van der Waals surface area contributed by atoms with Crippen LogP contribution in [0, 0.1) is 5.92 Å². The lowest BCUT2D eigenvalue weighted by molar-refractivity contribution is -0.141. The molecule has 1 aromatic carbocycles. The van der Waals surface area contributed by atoms with Gasteiger partial charge in [0.15, 0.2) is 0 Å². The van der Waals surface area contributed by atoms with Gasteiger partial charge in [0.05, 0.1) is 19.8 Å². The molecule has 6 nitrogen and oxygen atoms in total. The van der Waals surface area contributed by atoms with Gasteiger partial charge in [-0.3, -0.25) is 14.5 Å². The maximum atomic E-state index is 12.7. The second kappa shape index (κ2) is 9.14. The monoisotopic (exact) mass is 359 g/mol. The number of anilines is 1. The van der Waals surface area contributed by atoms with Gasteiger partial charge in [0.25, 0.3) is 0 Å². The number of ether oxygens (including phenoxy) is 1. The first-order valence-corrected chi connectivity index (χ1v) is 9.63. The number of piperidine rings is 1. The van der Waals surface area contributed by atoms with Crippen molar-refractivity contribution in [3.8, 4) is 0 Å². The molecule has 0 aromatic heterocycles. The van der Waals surface area contributed by atoms with Gasteiger partial charge in [0, 0.05) is 31.2 Å². The van der Waals surface area contributed by atoms with Crippen molar-refractivity contribution in [2.24, 2.45) is 5.92 Å². The summed E-state index contributed by atoms with van der Waals surface area (Å²) < 4.78 is 5.32. The van der Waals surface area contributed by atoms with Gasteiger partial charge in [-0.1, -0.05) is 18.2 Å². The molecule has 0 atom stereocenters. The molecule has 2 fully saturated rings. The predicted molar refractivity (Wildman–Crippen MR) is 101 cm³/mol. The molecule has 2 aliphatic heterocycles. The number of benzene rings is 1. The Balaban J connectivity index is 1.48. The van der Waals surface area contributed by atoms with Gasteiger partial charge in [-0.2, -0.15) is 0 Å². The lowest BCUT2D eigenvalue weighted by Gasteiger charge is -2.35. The number of likely N-dealkylation sites (N-methyl/N-ethyl adjacent to an activating group) is 1. The number of hydrogen-bond donors (Lipinski definition) is 0. The summed E-state index contributed by atoms with van der Waals surface area (Å²) in [6, 6.07) is 9.80. The second-order valence-corrected chi connectivity index (χ2v) is 6.96. The summed E-state index contributed by atoms with van der Waals surface area (Å²) in [7, 11) is 0. The van der Waals surface area contributed by atoms with Gasteiger partial charge in [0.2, 0.25) is 11.8 Å². The molecule has 0 spiro atoms. The minimum absolute atomic E-state index is 0.0934. The third-order valence-corrected chi connectivity index (χ3v) is 5.30. The van der Waals surface area contributed by atoms with Gasteiger partial charge in [-0.25, -0.2) is 0 Å². The molecule has 1 aromatic rings. The minimum Gasteiger partial charge on any atom is -0.378 e. The minimum atomic E-state index is 0.0934. The maximum absolute atomic E-state index is 12.7.